The molecule has 0 fully saturated rings. The molecule has 1 amide bonds. The molecule has 120 valence electrons. The summed E-state index contributed by atoms with van der Waals surface area (Å²) < 4.78 is 7.47. The van der Waals surface area contributed by atoms with Crippen LogP contribution in [-0.4, -0.2) is 31.9 Å². The van der Waals surface area contributed by atoms with Gasteiger partial charge in [-0.1, -0.05) is 6.92 Å². The van der Waals surface area contributed by atoms with Gasteiger partial charge >= 0.3 is 0 Å². The first-order valence-electron chi connectivity index (χ1n) is 7.70. The van der Waals surface area contributed by atoms with Crippen LogP contribution in [0.4, 0.5) is 0 Å². The number of amides is 1. The van der Waals surface area contributed by atoms with E-state index in [0.717, 1.165) is 24.4 Å². The summed E-state index contributed by atoms with van der Waals surface area (Å²) >= 11 is 0. The van der Waals surface area contributed by atoms with Gasteiger partial charge in [-0.2, -0.15) is 5.10 Å². The van der Waals surface area contributed by atoms with Gasteiger partial charge in [0.25, 0.3) is 5.89 Å². The van der Waals surface area contributed by atoms with Gasteiger partial charge in [0.15, 0.2) is 0 Å². The van der Waals surface area contributed by atoms with Crippen LogP contribution in [0, 0.1) is 6.92 Å². The van der Waals surface area contributed by atoms with Crippen LogP contribution in [0.5, 0.6) is 0 Å². The van der Waals surface area contributed by atoms with Crippen LogP contribution in [-0.2, 0) is 17.8 Å². The van der Waals surface area contributed by atoms with Gasteiger partial charge < -0.3 is 9.73 Å². The number of carbonyl (C=O) groups is 1. The van der Waals surface area contributed by atoms with E-state index in [-0.39, 0.29) is 11.9 Å². The minimum atomic E-state index is 0.00328. The molecule has 0 bridgehead atoms. The second-order valence-corrected chi connectivity index (χ2v) is 5.36. The minimum Gasteiger partial charge on any atom is -0.419 e. The molecule has 2 aromatic heterocycles. The molecular formula is C15H23N5O2. The van der Waals surface area contributed by atoms with Crippen molar-refractivity contribution < 1.29 is 9.21 Å². The Morgan fingerprint density at radius 2 is 2.18 bits per heavy atom. The molecule has 22 heavy (non-hydrogen) atoms. The van der Waals surface area contributed by atoms with Gasteiger partial charge in [0.2, 0.25) is 11.8 Å². The van der Waals surface area contributed by atoms with Gasteiger partial charge in [-0.3, -0.25) is 9.48 Å². The van der Waals surface area contributed by atoms with E-state index in [0.29, 0.717) is 24.6 Å². The summed E-state index contributed by atoms with van der Waals surface area (Å²) in [6.07, 6.45) is 1.70. The molecule has 2 heterocycles. The molecule has 0 aliphatic carbocycles. The van der Waals surface area contributed by atoms with Crippen molar-refractivity contribution in [2.24, 2.45) is 0 Å². The molecule has 0 aliphatic rings. The molecule has 2 rings (SSSR count). The number of aryl methyl sites for hydroxylation is 3. The van der Waals surface area contributed by atoms with Crippen molar-refractivity contribution in [3.05, 3.63) is 17.7 Å². The number of nitrogens with zero attached hydrogens (tertiary/aromatic N) is 4. The Balaban J connectivity index is 1.98. The van der Waals surface area contributed by atoms with Gasteiger partial charge in [0.1, 0.15) is 5.69 Å². The number of carbonyl (C=O) groups excluding carboxylic acids is 1. The summed E-state index contributed by atoms with van der Waals surface area (Å²) in [5.41, 5.74) is 1.72. The van der Waals surface area contributed by atoms with Crippen molar-refractivity contribution in [2.45, 2.75) is 59.5 Å². The largest absolute Gasteiger partial charge is 0.419 e. The lowest BCUT2D eigenvalue weighted by atomic mass is 10.2. The number of rotatable bonds is 7. The molecule has 1 unspecified atom stereocenters. The number of nitrogens with one attached hydrogen (secondary N) is 1. The fourth-order valence-electron chi connectivity index (χ4n) is 2.09. The second-order valence-electron chi connectivity index (χ2n) is 5.36. The highest BCUT2D eigenvalue weighted by Crippen LogP contribution is 2.19. The van der Waals surface area contributed by atoms with E-state index in [9.17, 15) is 4.79 Å². The van der Waals surface area contributed by atoms with Gasteiger partial charge in [-0.05, 0) is 33.3 Å². The van der Waals surface area contributed by atoms with Crippen LogP contribution < -0.4 is 5.32 Å². The third-order valence-corrected chi connectivity index (χ3v) is 3.47. The van der Waals surface area contributed by atoms with Gasteiger partial charge in [0, 0.05) is 25.4 Å². The van der Waals surface area contributed by atoms with Crippen molar-refractivity contribution in [2.75, 3.05) is 0 Å². The molecule has 0 radical (unpaired) electrons. The SMILES string of the molecule is CCC(C)NC(=O)CCc1nnc(-c2cc(C)nn2CC)o1. The predicted octanol–water partition coefficient (Wildman–Crippen LogP) is 2.11. The highest BCUT2D eigenvalue weighted by atomic mass is 16.4. The smallest absolute Gasteiger partial charge is 0.265 e. The highest BCUT2D eigenvalue weighted by molar-refractivity contribution is 5.76. The monoisotopic (exact) mass is 305 g/mol. The zero-order valence-electron chi connectivity index (χ0n) is 13.6. The fourth-order valence-corrected chi connectivity index (χ4v) is 2.09. The average molecular weight is 305 g/mol. The van der Waals surface area contributed by atoms with E-state index in [1.54, 1.807) is 0 Å². The Labute approximate surface area is 130 Å². The molecule has 0 aromatic carbocycles. The van der Waals surface area contributed by atoms with E-state index in [2.05, 4.69) is 20.6 Å². The quantitative estimate of drug-likeness (QED) is 0.846. The average Bonchev–Trinajstić information content (AvgIpc) is 3.10. The molecule has 7 nitrogen and oxygen atoms in total. The van der Waals surface area contributed by atoms with Gasteiger partial charge in [-0.25, -0.2) is 0 Å². The molecule has 0 saturated heterocycles. The topological polar surface area (TPSA) is 85.8 Å². The Bertz CT molecular complexity index is 632. The maximum absolute atomic E-state index is 11.8. The Kier molecular flexibility index (Phi) is 5.30. The highest BCUT2D eigenvalue weighted by Gasteiger charge is 2.15. The third-order valence-electron chi connectivity index (χ3n) is 3.47. The number of hydrogen-bond donors (Lipinski definition) is 1. The Hall–Kier alpha value is -2.18. The van der Waals surface area contributed by atoms with Crippen LogP contribution in [0.25, 0.3) is 11.6 Å². The molecule has 1 N–H and O–H groups in total. The lowest BCUT2D eigenvalue weighted by molar-refractivity contribution is -0.121. The maximum atomic E-state index is 11.8. The number of hydrogen-bond acceptors (Lipinski definition) is 5. The fraction of sp³-hybridized carbons (Fsp3) is 0.600. The van der Waals surface area contributed by atoms with Crippen LogP contribution in [0.15, 0.2) is 10.5 Å². The maximum Gasteiger partial charge on any atom is 0.265 e. The predicted molar refractivity (Wildman–Crippen MR) is 82.1 cm³/mol. The van der Waals surface area contributed by atoms with Crippen molar-refractivity contribution in [1.82, 2.24) is 25.3 Å². The minimum absolute atomic E-state index is 0.00328. The lowest BCUT2D eigenvalue weighted by Gasteiger charge is -2.10. The Morgan fingerprint density at radius 1 is 1.41 bits per heavy atom. The van der Waals surface area contributed by atoms with E-state index in [1.165, 1.54) is 0 Å². The second kappa shape index (κ2) is 7.20. The first-order chi connectivity index (χ1) is 10.5. The number of aromatic nitrogens is 4. The zero-order chi connectivity index (χ0) is 16.1. The molecule has 0 spiro atoms. The zero-order valence-corrected chi connectivity index (χ0v) is 13.6. The molecule has 2 aromatic rings. The van der Waals surface area contributed by atoms with Crippen LogP contribution in [0.1, 0.15) is 45.2 Å². The standard InChI is InChI=1S/C15H23N5O2/c1-5-10(3)16-13(21)7-8-14-17-18-15(22-14)12-9-11(4)19-20(12)6-2/h9-10H,5-8H2,1-4H3,(H,16,21). The summed E-state index contributed by atoms with van der Waals surface area (Å²) in [5.74, 6) is 0.916. The van der Waals surface area contributed by atoms with Crippen molar-refractivity contribution >= 4 is 5.91 Å². The van der Waals surface area contributed by atoms with Gasteiger partial charge in [0.05, 0.1) is 5.69 Å². The van der Waals surface area contributed by atoms with Crippen LogP contribution >= 0.6 is 0 Å². The summed E-state index contributed by atoms with van der Waals surface area (Å²) in [6.45, 7) is 8.68. The normalized spacial score (nSPS) is 12.4. The molecule has 0 saturated carbocycles. The van der Waals surface area contributed by atoms with E-state index in [1.807, 2.05) is 38.4 Å². The molecule has 1 atom stereocenters. The summed E-state index contributed by atoms with van der Waals surface area (Å²) in [6, 6.07) is 2.10. The van der Waals surface area contributed by atoms with E-state index >= 15 is 0 Å². The molecule has 0 aliphatic heterocycles. The van der Waals surface area contributed by atoms with Crippen molar-refractivity contribution in [3.63, 3.8) is 0 Å². The first kappa shape index (κ1) is 16.2. The van der Waals surface area contributed by atoms with Crippen LogP contribution in [0.2, 0.25) is 0 Å². The van der Waals surface area contributed by atoms with Crippen LogP contribution in [0.3, 0.4) is 0 Å². The summed E-state index contributed by atoms with van der Waals surface area (Å²) in [7, 11) is 0. The first-order valence-corrected chi connectivity index (χ1v) is 7.70. The van der Waals surface area contributed by atoms with Crippen molar-refractivity contribution in [3.8, 4) is 11.6 Å². The van der Waals surface area contributed by atoms with E-state index in [4.69, 9.17) is 4.42 Å². The molecular weight excluding hydrogens is 282 g/mol. The lowest BCUT2D eigenvalue weighted by Crippen LogP contribution is -2.32. The van der Waals surface area contributed by atoms with Crippen molar-refractivity contribution in [1.29, 1.82) is 0 Å². The van der Waals surface area contributed by atoms with E-state index < -0.39 is 0 Å². The summed E-state index contributed by atoms with van der Waals surface area (Å²) in [4.78, 5) is 11.8. The van der Waals surface area contributed by atoms with Gasteiger partial charge in [-0.15, -0.1) is 10.2 Å². The Morgan fingerprint density at radius 3 is 2.86 bits per heavy atom. The summed E-state index contributed by atoms with van der Waals surface area (Å²) in [5, 5.41) is 15.3. The molecule has 7 heteroatoms. The third kappa shape index (κ3) is 3.93.